The fourth-order valence-electron chi connectivity index (χ4n) is 3.52. The molecule has 2 amide bonds. The van der Waals surface area contributed by atoms with Gasteiger partial charge < -0.3 is 9.80 Å². The summed E-state index contributed by atoms with van der Waals surface area (Å²) in [5.74, 6) is -0.133. The molecule has 0 spiro atoms. The van der Waals surface area contributed by atoms with Crippen LogP contribution in [0.1, 0.15) is 12.0 Å². The molecule has 0 bridgehead atoms. The summed E-state index contributed by atoms with van der Waals surface area (Å²) in [6.45, 7) is 4.91. The number of hydrazine groups is 1. The smallest absolute Gasteiger partial charge is 0.271 e. The molecule has 6 heteroatoms. The minimum absolute atomic E-state index is 0.0580. The minimum atomic E-state index is -0.0747. The second kappa shape index (κ2) is 7.76. The number of nitrogens with zero attached hydrogens (tertiary/aromatic N) is 3. The van der Waals surface area contributed by atoms with Gasteiger partial charge in [0.05, 0.1) is 5.69 Å². The van der Waals surface area contributed by atoms with Crippen molar-refractivity contribution in [3.63, 3.8) is 0 Å². The van der Waals surface area contributed by atoms with Gasteiger partial charge in [0.2, 0.25) is 5.91 Å². The summed E-state index contributed by atoms with van der Waals surface area (Å²) in [5, 5.41) is 1.47. The van der Waals surface area contributed by atoms with Gasteiger partial charge in [-0.2, -0.15) is 0 Å². The summed E-state index contributed by atoms with van der Waals surface area (Å²) < 4.78 is 0. The van der Waals surface area contributed by atoms with Crippen molar-refractivity contribution >= 4 is 23.2 Å². The number of carbonyl (C=O) groups is 2. The van der Waals surface area contributed by atoms with Crippen molar-refractivity contribution in [3.8, 4) is 0 Å². The van der Waals surface area contributed by atoms with Crippen LogP contribution in [0, 0.1) is 6.92 Å². The normalized spacial score (nSPS) is 17.2. The zero-order valence-corrected chi connectivity index (χ0v) is 16.0. The molecule has 2 aromatic carbocycles. The summed E-state index contributed by atoms with van der Waals surface area (Å²) in [7, 11) is 0. The number of nitrogens with one attached hydrogen (secondary N) is 1. The third kappa shape index (κ3) is 3.71. The lowest BCUT2D eigenvalue weighted by Crippen LogP contribution is -2.53. The number of amides is 2. The standard InChI is InChI=1S/C22H24N4O2/c1-17-7-9-19(10-8-17)26-21(27)12-11-20(23-26)22(28)25-15-13-24(14-16-25)18-5-3-2-4-6-18/h2-11,23H,12-16H2,1H3. The summed E-state index contributed by atoms with van der Waals surface area (Å²) >= 11 is 0. The van der Waals surface area contributed by atoms with Crippen LogP contribution in [0.4, 0.5) is 11.4 Å². The minimum Gasteiger partial charge on any atom is -0.368 e. The lowest BCUT2D eigenvalue weighted by Gasteiger charge is -2.37. The monoisotopic (exact) mass is 376 g/mol. The van der Waals surface area contributed by atoms with Crippen molar-refractivity contribution in [1.29, 1.82) is 0 Å². The van der Waals surface area contributed by atoms with E-state index < -0.39 is 0 Å². The second-order valence-electron chi connectivity index (χ2n) is 7.11. The van der Waals surface area contributed by atoms with Crippen LogP contribution in [0.25, 0.3) is 0 Å². The zero-order chi connectivity index (χ0) is 19.5. The number of piperazine rings is 1. The SMILES string of the molecule is Cc1ccc(N2NC(C(=O)N3CCN(c4ccccc4)CC3)=CCC2=O)cc1. The predicted molar refractivity (Wildman–Crippen MR) is 110 cm³/mol. The quantitative estimate of drug-likeness (QED) is 0.894. The van der Waals surface area contributed by atoms with Crippen molar-refractivity contribution in [2.75, 3.05) is 36.1 Å². The fraction of sp³-hybridized carbons (Fsp3) is 0.273. The number of hydrogen-bond acceptors (Lipinski definition) is 4. The number of benzene rings is 2. The first kappa shape index (κ1) is 18.1. The molecule has 1 fully saturated rings. The van der Waals surface area contributed by atoms with Crippen LogP contribution in [0.2, 0.25) is 0 Å². The molecule has 144 valence electrons. The average Bonchev–Trinajstić information content (AvgIpc) is 2.75. The molecule has 1 N–H and O–H groups in total. The summed E-state index contributed by atoms with van der Waals surface area (Å²) in [6, 6.07) is 17.9. The Morgan fingerprint density at radius 2 is 1.57 bits per heavy atom. The molecular weight excluding hydrogens is 352 g/mol. The maximum absolute atomic E-state index is 13.0. The van der Waals surface area contributed by atoms with Crippen LogP contribution >= 0.6 is 0 Å². The number of anilines is 2. The van der Waals surface area contributed by atoms with E-state index >= 15 is 0 Å². The van der Waals surface area contributed by atoms with E-state index in [1.54, 1.807) is 6.08 Å². The molecule has 0 aromatic heterocycles. The molecule has 28 heavy (non-hydrogen) atoms. The van der Waals surface area contributed by atoms with Crippen molar-refractivity contribution in [3.05, 3.63) is 71.9 Å². The van der Waals surface area contributed by atoms with E-state index in [1.165, 1.54) is 10.7 Å². The molecule has 2 heterocycles. The van der Waals surface area contributed by atoms with E-state index in [1.807, 2.05) is 54.3 Å². The molecule has 2 aromatic rings. The van der Waals surface area contributed by atoms with Crippen LogP contribution in [0.3, 0.4) is 0 Å². The van der Waals surface area contributed by atoms with Crippen molar-refractivity contribution in [2.24, 2.45) is 0 Å². The van der Waals surface area contributed by atoms with Gasteiger partial charge >= 0.3 is 0 Å². The van der Waals surface area contributed by atoms with Crippen LogP contribution in [0.15, 0.2) is 66.4 Å². The number of aryl methyl sites for hydroxylation is 1. The number of rotatable bonds is 3. The van der Waals surface area contributed by atoms with E-state index in [-0.39, 0.29) is 18.2 Å². The molecule has 6 nitrogen and oxygen atoms in total. The molecule has 2 aliphatic heterocycles. The van der Waals surface area contributed by atoms with Gasteiger partial charge in [0.15, 0.2) is 0 Å². The van der Waals surface area contributed by atoms with E-state index in [2.05, 4.69) is 22.5 Å². The first-order valence-electron chi connectivity index (χ1n) is 9.57. The Morgan fingerprint density at radius 1 is 0.893 bits per heavy atom. The Labute approximate surface area is 165 Å². The molecule has 0 unspecified atom stereocenters. The highest BCUT2D eigenvalue weighted by atomic mass is 16.2. The van der Waals surface area contributed by atoms with Gasteiger partial charge in [-0.1, -0.05) is 35.9 Å². The fourth-order valence-corrected chi connectivity index (χ4v) is 3.52. The van der Waals surface area contributed by atoms with E-state index in [0.717, 1.165) is 24.3 Å². The maximum Gasteiger partial charge on any atom is 0.271 e. The van der Waals surface area contributed by atoms with Crippen molar-refractivity contribution in [2.45, 2.75) is 13.3 Å². The summed E-state index contributed by atoms with van der Waals surface area (Å²) in [4.78, 5) is 29.4. The number of hydrogen-bond donors (Lipinski definition) is 1. The van der Waals surface area contributed by atoms with Crippen LogP contribution < -0.4 is 15.3 Å². The van der Waals surface area contributed by atoms with Crippen molar-refractivity contribution in [1.82, 2.24) is 10.3 Å². The summed E-state index contributed by atoms with van der Waals surface area (Å²) in [6.07, 6.45) is 1.91. The number of para-hydroxylation sites is 1. The highest BCUT2D eigenvalue weighted by molar-refractivity contribution is 6.01. The molecule has 0 atom stereocenters. The van der Waals surface area contributed by atoms with Gasteiger partial charge in [-0.15, -0.1) is 0 Å². The highest BCUT2D eigenvalue weighted by Gasteiger charge is 2.28. The Balaban J connectivity index is 1.41. The van der Waals surface area contributed by atoms with Gasteiger partial charge in [-0.3, -0.25) is 15.0 Å². The third-order valence-electron chi connectivity index (χ3n) is 5.17. The zero-order valence-electron chi connectivity index (χ0n) is 16.0. The second-order valence-corrected chi connectivity index (χ2v) is 7.11. The summed E-state index contributed by atoms with van der Waals surface area (Å²) in [5.41, 5.74) is 6.53. The Bertz CT molecular complexity index is 885. The third-order valence-corrected chi connectivity index (χ3v) is 5.17. The van der Waals surface area contributed by atoms with Crippen LogP contribution in [0.5, 0.6) is 0 Å². The van der Waals surface area contributed by atoms with Gasteiger partial charge in [0, 0.05) is 38.3 Å². The van der Waals surface area contributed by atoms with Gasteiger partial charge in [0.25, 0.3) is 5.91 Å². The Morgan fingerprint density at radius 3 is 2.25 bits per heavy atom. The van der Waals surface area contributed by atoms with Crippen LogP contribution in [-0.2, 0) is 9.59 Å². The Hall–Kier alpha value is -3.28. The van der Waals surface area contributed by atoms with Gasteiger partial charge in [-0.05, 0) is 37.3 Å². The molecule has 0 saturated carbocycles. The molecule has 2 aliphatic rings. The topological polar surface area (TPSA) is 55.9 Å². The Kier molecular flexibility index (Phi) is 5.02. The van der Waals surface area contributed by atoms with E-state index in [4.69, 9.17) is 0 Å². The van der Waals surface area contributed by atoms with Crippen LogP contribution in [-0.4, -0.2) is 42.9 Å². The van der Waals surface area contributed by atoms with E-state index in [9.17, 15) is 9.59 Å². The predicted octanol–water partition coefficient (Wildman–Crippen LogP) is 2.47. The highest BCUT2D eigenvalue weighted by Crippen LogP contribution is 2.20. The molecule has 1 saturated heterocycles. The molecule has 0 radical (unpaired) electrons. The lowest BCUT2D eigenvalue weighted by atomic mass is 10.2. The molecule has 4 rings (SSSR count). The van der Waals surface area contributed by atoms with Gasteiger partial charge in [-0.25, -0.2) is 5.01 Å². The first-order valence-corrected chi connectivity index (χ1v) is 9.57. The largest absolute Gasteiger partial charge is 0.368 e. The van der Waals surface area contributed by atoms with E-state index in [0.29, 0.717) is 18.8 Å². The first-order chi connectivity index (χ1) is 13.6. The average molecular weight is 376 g/mol. The van der Waals surface area contributed by atoms with Crippen molar-refractivity contribution < 1.29 is 9.59 Å². The maximum atomic E-state index is 13.0. The molecule has 0 aliphatic carbocycles. The molecular formula is C22H24N4O2. The number of carbonyl (C=O) groups excluding carboxylic acids is 2. The van der Waals surface area contributed by atoms with Gasteiger partial charge in [0.1, 0.15) is 5.70 Å². The lowest BCUT2D eigenvalue weighted by molar-refractivity contribution is -0.128.